The van der Waals surface area contributed by atoms with E-state index in [1.54, 1.807) is 0 Å². The van der Waals surface area contributed by atoms with Crippen molar-refractivity contribution in [3.63, 3.8) is 0 Å². The number of carboxylic acids is 1. The standard InChI is InChI=1S/C10H14N4O2/c15-10(16)9-7-1-2-11-5-8(7)14(13-9)6-3-12-4-6/h6,11-12H,1-5H2,(H,15,16). The van der Waals surface area contributed by atoms with Crippen LogP contribution in [0.15, 0.2) is 0 Å². The van der Waals surface area contributed by atoms with Crippen molar-refractivity contribution in [2.24, 2.45) is 0 Å². The van der Waals surface area contributed by atoms with E-state index in [0.717, 1.165) is 43.9 Å². The summed E-state index contributed by atoms with van der Waals surface area (Å²) in [4.78, 5) is 11.1. The molecule has 0 aromatic carbocycles. The zero-order valence-electron chi connectivity index (χ0n) is 8.86. The van der Waals surface area contributed by atoms with Crippen LogP contribution in [0.1, 0.15) is 27.8 Å². The number of hydrogen-bond acceptors (Lipinski definition) is 4. The molecule has 0 bridgehead atoms. The van der Waals surface area contributed by atoms with E-state index in [4.69, 9.17) is 5.11 Å². The van der Waals surface area contributed by atoms with Crippen LogP contribution in [-0.4, -0.2) is 40.5 Å². The molecule has 3 N–H and O–H groups in total. The van der Waals surface area contributed by atoms with Crippen molar-refractivity contribution in [3.8, 4) is 0 Å². The van der Waals surface area contributed by atoms with Gasteiger partial charge in [0.05, 0.1) is 11.7 Å². The van der Waals surface area contributed by atoms with Gasteiger partial charge in [0, 0.05) is 25.2 Å². The highest BCUT2D eigenvalue weighted by Crippen LogP contribution is 2.23. The van der Waals surface area contributed by atoms with Crippen molar-refractivity contribution < 1.29 is 9.90 Å². The number of aromatic carboxylic acids is 1. The molecule has 1 aromatic heterocycles. The van der Waals surface area contributed by atoms with Crippen LogP contribution in [0.2, 0.25) is 0 Å². The lowest BCUT2D eigenvalue weighted by Crippen LogP contribution is -2.45. The minimum absolute atomic E-state index is 0.239. The van der Waals surface area contributed by atoms with Crippen LogP contribution < -0.4 is 10.6 Å². The molecule has 16 heavy (non-hydrogen) atoms. The number of carboxylic acid groups (broad SMARTS) is 1. The number of carbonyl (C=O) groups is 1. The largest absolute Gasteiger partial charge is 0.476 e. The molecular weight excluding hydrogens is 208 g/mol. The van der Waals surface area contributed by atoms with E-state index < -0.39 is 5.97 Å². The Kier molecular flexibility index (Phi) is 2.19. The second-order valence-electron chi connectivity index (χ2n) is 4.26. The van der Waals surface area contributed by atoms with Crippen molar-refractivity contribution in [1.29, 1.82) is 0 Å². The lowest BCUT2D eigenvalue weighted by atomic mass is 10.0. The molecule has 0 spiro atoms. The number of hydrogen-bond donors (Lipinski definition) is 3. The second kappa shape index (κ2) is 3.57. The third kappa shape index (κ3) is 1.34. The Bertz CT molecular complexity index is 436. The summed E-state index contributed by atoms with van der Waals surface area (Å²) in [5.41, 5.74) is 2.21. The van der Waals surface area contributed by atoms with Gasteiger partial charge < -0.3 is 15.7 Å². The third-order valence-electron chi connectivity index (χ3n) is 3.27. The number of fused-ring (bicyclic) bond motifs is 1. The van der Waals surface area contributed by atoms with Crippen LogP contribution in [0.25, 0.3) is 0 Å². The SMILES string of the molecule is O=C(O)c1nn(C2CNC2)c2c1CCNC2. The molecule has 6 nitrogen and oxygen atoms in total. The molecule has 0 unspecified atom stereocenters. The fourth-order valence-corrected chi connectivity index (χ4v) is 2.29. The first kappa shape index (κ1) is 9.80. The lowest BCUT2D eigenvalue weighted by molar-refractivity contribution is 0.0687. The Morgan fingerprint density at radius 2 is 2.25 bits per heavy atom. The number of aromatic nitrogens is 2. The van der Waals surface area contributed by atoms with E-state index in [1.165, 1.54) is 0 Å². The second-order valence-corrected chi connectivity index (χ2v) is 4.26. The van der Waals surface area contributed by atoms with Crippen molar-refractivity contribution >= 4 is 5.97 Å². The topological polar surface area (TPSA) is 79.2 Å². The Morgan fingerprint density at radius 1 is 1.44 bits per heavy atom. The van der Waals surface area contributed by atoms with E-state index in [0.29, 0.717) is 6.04 Å². The van der Waals surface area contributed by atoms with Gasteiger partial charge in [-0.15, -0.1) is 0 Å². The van der Waals surface area contributed by atoms with Gasteiger partial charge in [0.15, 0.2) is 5.69 Å². The van der Waals surface area contributed by atoms with Crippen LogP contribution in [0, 0.1) is 0 Å². The smallest absolute Gasteiger partial charge is 0.356 e. The normalized spacial score (nSPS) is 20.2. The number of rotatable bonds is 2. The summed E-state index contributed by atoms with van der Waals surface area (Å²) in [6.07, 6.45) is 0.761. The lowest BCUT2D eigenvalue weighted by Gasteiger charge is -2.29. The summed E-state index contributed by atoms with van der Waals surface area (Å²) in [5, 5.41) is 19.8. The molecule has 0 saturated carbocycles. The highest BCUT2D eigenvalue weighted by Gasteiger charge is 2.29. The van der Waals surface area contributed by atoms with Gasteiger partial charge in [-0.1, -0.05) is 0 Å². The van der Waals surface area contributed by atoms with E-state index in [1.807, 2.05) is 4.68 Å². The van der Waals surface area contributed by atoms with Gasteiger partial charge in [0.2, 0.25) is 0 Å². The minimum Gasteiger partial charge on any atom is -0.476 e. The maximum Gasteiger partial charge on any atom is 0.356 e. The summed E-state index contributed by atoms with van der Waals surface area (Å²) in [6, 6.07) is 0.321. The quantitative estimate of drug-likeness (QED) is 0.621. The molecule has 2 aliphatic rings. The molecule has 0 aliphatic carbocycles. The number of nitrogens with zero attached hydrogens (tertiary/aromatic N) is 2. The zero-order valence-corrected chi connectivity index (χ0v) is 8.86. The van der Waals surface area contributed by atoms with Gasteiger partial charge >= 0.3 is 5.97 Å². The van der Waals surface area contributed by atoms with Crippen LogP contribution in [-0.2, 0) is 13.0 Å². The Balaban J connectivity index is 2.07. The first-order chi connectivity index (χ1) is 7.77. The van der Waals surface area contributed by atoms with Crippen molar-refractivity contribution in [2.45, 2.75) is 19.0 Å². The fraction of sp³-hybridized carbons (Fsp3) is 0.600. The maximum atomic E-state index is 11.1. The molecule has 0 radical (unpaired) electrons. The molecule has 1 saturated heterocycles. The molecule has 1 fully saturated rings. The van der Waals surface area contributed by atoms with Gasteiger partial charge in [-0.3, -0.25) is 4.68 Å². The van der Waals surface area contributed by atoms with Gasteiger partial charge in [-0.25, -0.2) is 4.79 Å². The van der Waals surface area contributed by atoms with E-state index in [9.17, 15) is 4.79 Å². The van der Waals surface area contributed by atoms with Gasteiger partial charge in [0.25, 0.3) is 0 Å². The molecule has 0 amide bonds. The van der Waals surface area contributed by atoms with Gasteiger partial charge in [0.1, 0.15) is 0 Å². The van der Waals surface area contributed by atoms with E-state index in [2.05, 4.69) is 15.7 Å². The molecule has 1 aromatic rings. The van der Waals surface area contributed by atoms with Crippen molar-refractivity contribution in [2.75, 3.05) is 19.6 Å². The van der Waals surface area contributed by atoms with E-state index >= 15 is 0 Å². The Morgan fingerprint density at radius 3 is 2.88 bits per heavy atom. The molecule has 2 aliphatic heterocycles. The first-order valence-electron chi connectivity index (χ1n) is 5.52. The molecule has 6 heteroatoms. The molecule has 86 valence electrons. The Hall–Kier alpha value is -1.40. The maximum absolute atomic E-state index is 11.1. The van der Waals surface area contributed by atoms with Crippen LogP contribution in [0.5, 0.6) is 0 Å². The first-order valence-corrected chi connectivity index (χ1v) is 5.52. The summed E-state index contributed by atoms with van der Waals surface area (Å²) in [7, 11) is 0. The zero-order chi connectivity index (χ0) is 11.1. The molecule has 3 rings (SSSR count). The van der Waals surface area contributed by atoms with E-state index in [-0.39, 0.29) is 5.69 Å². The van der Waals surface area contributed by atoms with Crippen LogP contribution in [0.3, 0.4) is 0 Å². The van der Waals surface area contributed by atoms with Crippen LogP contribution >= 0.6 is 0 Å². The summed E-state index contributed by atoms with van der Waals surface area (Å²) < 4.78 is 1.89. The summed E-state index contributed by atoms with van der Waals surface area (Å²) in [6.45, 7) is 3.33. The van der Waals surface area contributed by atoms with Gasteiger partial charge in [-0.05, 0) is 13.0 Å². The third-order valence-corrected chi connectivity index (χ3v) is 3.27. The van der Waals surface area contributed by atoms with Crippen molar-refractivity contribution in [3.05, 3.63) is 17.0 Å². The molecule has 3 heterocycles. The molecular formula is C10H14N4O2. The average molecular weight is 222 g/mol. The van der Waals surface area contributed by atoms with Crippen molar-refractivity contribution in [1.82, 2.24) is 20.4 Å². The monoisotopic (exact) mass is 222 g/mol. The highest BCUT2D eigenvalue weighted by atomic mass is 16.4. The predicted octanol–water partition coefficient (Wildman–Crippen LogP) is -0.629. The minimum atomic E-state index is -0.913. The van der Waals surface area contributed by atoms with Crippen LogP contribution in [0.4, 0.5) is 0 Å². The predicted molar refractivity (Wildman–Crippen MR) is 56.5 cm³/mol. The summed E-state index contributed by atoms with van der Waals surface area (Å²) >= 11 is 0. The Labute approximate surface area is 92.6 Å². The summed E-state index contributed by atoms with van der Waals surface area (Å²) in [5.74, 6) is -0.913. The highest BCUT2D eigenvalue weighted by molar-refractivity contribution is 5.87. The average Bonchev–Trinajstić information content (AvgIpc) is 2.56. The van der Waals surface area contributed by atoms with Gasteiger partial charge in [-0.2, -0.15) is 5.10 Å². The number of nitrogens with one attached hydrogen (secondary N) is 2. The fourth-order valence-electron chi connectivity index (χ4n) is 2.29. The molecule has 0 atom stereocenters.